The molecule has 2 heterocycles. The Morgan fingerprint density at radius 1 is 1.10 bits per heavy atom. The van der Waals surface area contributed by atoms with Crippen LogP contribution < -0.4 is 15.4 Å². The predicted molar refractivity (Wildman–Crippen MR) is 117 cm³/mol. The molecule has 0 saturated heterocycles. The third kappa shape index (κ3) is 3.34. The van der Waals surface area contributed by atoms with Crippen molar-refractivity contribution >= 4 is 34.4 Å². The monoisotopic (exact) mass is 408 g/mol. The molecule has 4 aromatic rings. The number of nitrogen functional groups attached to an aromatic ring is 1. The second kappa shape index (κ2) is 7.60. The summed E-state index contributed by atoms with van der Waals surface area (Å²) in [4.78, 5) is 11.4. The van der Waals surface area contributed by atoms with Crippen LogP contribution in [0.15, 0.2) is 48.5 Å². The van der Waals surface area contributed by atoms with Crippen LogP contribution in [0.25, 0.3) is 28.0 Å². The number of nitrogens with zero attached hydrogens (tertiary/aromatic N) is 5. The number of halogens is 1. The van der Waals surface area contributed by atoms with Crippen LogP contribution >= 0.6 is 11.6 Å². The van der Waals surface area contributed by atoms with Gasteiger partial charge in [0, 0.05) is 24.2 Å². The molecule has 0 atom stereocenters. The van der Waals surface area contributed by atoms with E-state index >= 15 is 0 Å². The smallest absolute Gasteiger partial charge is 0.227 e. The average Bonchev–Trinajstić information content (AvgIpc) is 3.09. The van der Waals surface area contributed by atoms with Gasteiger partial charge in [-0.15, -0.1) is 5.10 Å². The second-order valence-electron chi connectivity index (χ2n) is 6.56. The first-order valence-corrected chi connectivity index (χ1v) is 9.58. The molecule has 0 unspecified atom stereocenters. The van der Waals surface area contributed by atoms with Crippen molar-refractivity contribution < 1.29 is 4.74 Å². The summed E-state index contributed by atoms with van der Waals surface area (Å²) in [6, 6.07) is 15.0. The minimum Gasteiger partial charge on any atom is -0.496 e. The fraction of sp³-hybridized carbons (Fsp3) is 0.190. The summed E-state index contributed by atoms with van der Waals surface area (Å²) in [5.74, 6) is 1.73. The first-order chi connectivity index (χ1) is 14.0. The number of anilines is 2. The number of hydrogen-bond donors (Lipinski definition) is 1. The van der Waals surface area contributed by atoms with Gasteiger partial charge in [-0.25, -0.2) is 9.67 Å². The lowest BCUT2D eigenvalue weighted by Crippen LogP contribution is -2.19. The van der Waals surface area contributed by atoms with E-state index in [1.165, 1.54) is 0 Å². The standard InChI is InChI=1S/C21H21ClN6O/c1-4-27(2)21-24-18(15-7-5-6-8-16(15)29-3)17-19(23)28(26-20(17)25-21)14-11-9-13(22)10-12-14/h5-12H,4,23H2,1-3H3. The third-order valence-electron chi connectivity index (χ3n) is 4.81. The Bertz CT molecular complexity index is 1170. The van der Waals surface area contributed by atoms with Gasteiger partial charge in [-0.3, -0.25) is 0 Å². The number of hydrogen-bond acceptors (Lipinski definition) is 6. The molecule has 148 valence electrons. The average molecular weight is 409 g/mol. The van der Waals surface area contributed by atoms with Gasteiger partial charge in [0.1, 0.15) is 11.6 Å². The van der Waals surface area contributed by atoms with Crippen LogP contribution in [0, 0.1) is 0 Å². The van der Waals surface area contributed by atoms with E-state index in [9.17, 15) is 0 Å². The number of fused-ring (bicyclic) bond motifs is 1. The number of para-hydroxylation sites is 1. The molecule has 29 heavy (non-hydrogen) atoms. The summed E-state index contributed by atoms with van der Waals surface area (Å²) in [5, 5.41) is 5.98. The van der Waals surface area contributed by atoms with E-state index in [0.717, 1.165) is 17.8 Å². The van der Waals surface area contributed by atoms with Gasteiger partial charge < -0.3 is 15.4 Å². The fourth-order valence-corrected chi connectivity index (χ4v) is 3.25. The lowest BCUT2D eigenvalue weighted by molar-refractivity contribution is 0.416. The van der Waals surface area contributed by atoms with Gasteiger partial charge in [-0.1, -0.05) is 23.7 Å². The Kier molecular flexibility index (Phi) is 4.98. The van der Waals surface area contributed by atoms with E-state index in [0.29, 0.717) is 39.3 Å². The largest absolute Gasteiger partial charge is 0.496 e. The van der Waals surface area contributed by atoms with Crippen LogP contribution in [0.5, 0.6) is 5.75 Å². The zero-order valence-electron chi connectivity index (χ0n) is 16.4. The van der Waals surface area contributed by atoms with Crippen LogP contribution in [0.4, 0.5) is 11.8 Å². The SMILES string of the molecule is CCN(C)c1nc(-c2ccccc2OC)c2c(N)n(-c3ccc(Cl)cc3)nc2n1. The first kappa shape index (κ1) is 19.0. The van der Waals surface area contributed by atoms with Gasteiger partial charge in [-0.05, 0) is 43.3 Å². The summed E-state index contributed by atoms with van der Waals surface area (Å²) < 4.78 is 7.22. The Labute approximate surface area is 173 Å². The van der Waals surface area contributed by atoms with Crippen molar-refractivity contribution in [2.24, 2.45) is 0 Å². The molecule has 0 saturated carbocycles. The highest BCUT2D eigenvalue weighted by molar-refractivity contribution is 6.30. The molecule has 0 fully saturated rings. The number of nitrogens with two attached hydrogens (primary N) is 1. The Morgan fingerprint density at radius 3 is 2.52 bits per heavy atom. The molecule has 8 heteroatoms. The lowest BCUT2D eigenvalue weighted by atomic mass is 10.1. The van der Waals surface area contributed by atoms with Gasteiger partial charge in [0.2, 0.25) is 5.95 Å². The molecule has 2 aromatic carbocycles. The quantitative estimate of drug-likeness (QED) is 0.533. The normalized spacial score (nSPS) is 11.0. The molecule has 7 nitrogen and oxygen atoms in total. The molecule has 2 aromatic heterocycles. The van der Waals surface area contributed by atoms with Crippen molar-refractivity contribution in [1.82, 2.24) is 19.7 Å². The molecular formula is C21H21ClN6O. The van der Waals surface area contributed by atoms with Crippen LogP contribution in [-0.4, -0.2) is 40.5 Å². The highest BCUT2D eigenvalue weighted by atomic mass is 35.5. The van der Waals surface area contributed by atoms with Crippen LogP contribution in [0.3, 0.4) is 0 Å². The maximum absolute atomic E-state index is 6.53. The van der Waals surface area contributed by atoms with E-state index in [2.05, 4.69) is 10.1 Å². The van der Waals surface area contributed by atoms with Crippen molar-refractivity contribution in [3.8, 4) is 22.7 Å². The summed E-state index contributed by atoms with van der Waals surface area (Å²) >= 11 is 6.03. The van der Waals surface area contributed by atoms with Crippen LogP contribution in [-0.2, 0) is 0 Å². The van der Waals surface area contributed by atoms with E-state index in [1.54, 1.807) is 23.9 Å². The maximum atomic E-state index is 6.53. The summed E-state index contributed by atoms with van der Waals surface area (Å²) in [6.07, 6.45) is 0. The second-order valence-corrected chi connectivity index (χ2v) is 7.00. The van der Waals surface area contributed by atoms with Crippen LogP contribution in [0.2, 0.25) is 5.02 Å². The van der Waals surface area contributed by atoms with Gasteiger partial charge in [0.05, 0.1) is 23.9 Å². The molecule has 0 radical (unpaired) electrons. The molecule has 0 aliphatic rings. The molecule has 4 rings (SSSR count). The third-order valence-corrected chi connectivity index (χ3v) is 5.06. The number of rotatable bonds is 5. The van der Waals surface area contributed by atoms with E-state index < -0.39 is 0 Å². The fourth-order valence-electron chi connectivity index (χ4n) is 3.13. The molecular weight excluding hydrogens is 388 g/mol. The van der Waals surface area contributed by atoms with E-state index in [-0.39, 0.29) is 0 Å². The lowest BCUT2D eigenvalue weighted by Gasteiger charge is -2.16. The van der Waals surface area contributed by atoms with Crippen molar-refractivity contribution in [3.63, 3.8) is 0 Å². The first-order valence-electron chi connectivity index (χ1n) is 9.20. The zero-order valence-corrected chi connectivity index (χ0v) is 17.2. The minimum absolute atomic E-state index is 0.453. The van der Waals surface area contributed by atoms with E-state index in [4.69, 9.17) is 27.1 Å². The number of benzene rings is 2. The van der Waals surface area contributed by atoms with Gasteiger partial charge in [0.15, 0.2) is 5.65 Å². The molecule has 0 spiro atoms. The molecule has 0 aliphatic carbocycles. The topological polar surface area (TPSA) is 82.1 Å². The van der Waals surface area contributed by atoms with Crippen molar-refractivity contribution in [3.05, 3.63) is 53.6 Å². The molecule has 0 aliphatic heterocycles. The molecule has 0 bridgehead atoms. The Hall–Kier alpha value is -3.32. The zero-order chi connectivity index (χ0) is 20.5. The Morgan fingerprint density at radius 2 is 1.83 bits per heavy atom. The number of methoxy groups -OCH3 is 1. The Balaban J connectivity index is 2.03. The molecule has 0 amide bonds. The number of aromatic nitrogens is 4. The highest BCUT2D eigenvalue weighted by Crippen LogP contribution is 2.37. The van der Waals surface area contributed by atoms with Gasteiger partial charge in [-0.2, -0.15) is 4.98 Å². The summed E-state index contributed by atoms with van der Waals surface area (Å²) in [5.41, 5.74) is 9.35. The molecule has 2 N–H and O–H groups in total. The van der Waals surface area contributed by atoms with Crippen molar-refractivity contribution in [1.29, 1.82) is 0 Å². The minimum atomic E-state index is 0.453. The maximum Gasteiger partial charge on any atom is 0.227 e. The predicted octanol–water partition coefficient (Wildman–Crippen LogP) is 4.18. The van der Waals surface area contributed by atoms with Gasteiger partial charge in [0.25, 0.3) is 0 Å². The number of ether oxygens (including phenoxy) is 1. The van der Waals surface area contributed by atoms with Crippen molar-refractivity contribution in [2.75, 3.05) is 31.3 Å². The van der Waals surface area contributed by atoms with Crippen LogP contribution in [0.1, 0.15) is 6.92 Å². The van der Waals surface area contributed by atoms with Gasteiger partial charge >= 0.3 is 0 Å². The van der Waals surface area contributed by atoms with E-state index in [1.807, 2.05) is 55.3 Å². The summed E-state index contributed by atoms with van der Waals surface area (Å²) in [7, 11) is 3.57. The highest BCUT2D eigenvalue weighted by Gasteiger charge is 2.21. The van der Waals surface area contributed by atoms with Crippen molar-refractivity contribution in [2.45, 2.75) is 6.92 Å². The summed E-state index contributed by atoms with van der Waals surface area (Å²) in [6.45, 7) is 2.79.